The number of hydrogen-bond donors (Lipinski definition) is 1. The van der Waals surface area contributed by atoms with Crippen molar-refractivity contribution in [3.8, 4) is 0 Å². The van der Waals surface area contributed by atoms with Gasteiger partial charge in [-0.05, 0) is 29.7 Å². The highest BCUT2D eigenvalue weighted by Crippen LogP contribution is 2.26. The quantitative estimate of drug-likeness (QED) is 0.796. The molecule has 1 heterocycles. The minimum Gasteiger partial charge on any atom is -0.307 e. The summed E-state index contributed by atoms with van der Waals surface area (Å²) in [5.41, 5.74) is 1.35. The zero-order chi connectivity index (χ0) is 11.5. The molecule has 1 saturated heterocycles. The average molecular weight is 225 g/mol. The van der Waals surface area contributed by atoms with Crippen molar-refractivity contribution >= 4 is 6.29 Å². The van der Waals surface area contributed by atoms with Crippen molar-refractivity contribution in [3.05, 3.63) is 35.1 Å². The van der Waals surface area contributed by atoms with E-state index in [4.69, 9.17) is 0 Å². The Morgan fingerprint density at radius 3 is 2.88 bits per heavy atom. The molecular weight excluding hydrogens is 212 g/mol. The molecule has 2 nitrogen and oxygen atoms in total. The number of nitrogens with one attached hydrogen (secondary N) is 1. The van der Waals surface area contributed by atoms with Gasteiger partial charge >= 0.3 is 0 Å². The van der Waals surface area contributed by atoms with Crippen molar-refractivity contribution in [3.63, 3.8) is 0 Å². The summed E-state index contributed by atoms with van der Waals surface area (Å²) in [5.74, 6) is -0.376. The molecule has 16 heavy (non-hydrogen) atoms. The van der Waals surface area contributed by atoms with Crippen LogP contribution in [0.3, 0.4) is 0 Å². The maximum Gasteiger partial charge on any atom is 0.124 e. The van der Waals surface area contributed by atoms with E-state index in [9.17, 15) is 13.6 Å². The molecule has 0 spiro atoms. The van der Waals surface area contributed by atoms with Crippen LogP contribution in [0, 0.1) is 5.82 Å². The van der Waals surface area contributed by atoms with E-state index in [1.54, 1.807) is 6.07 Å². The molecule has 0 radical (unpaired) electrons. The number of hydrogen-bond acceptors (Lipinski definition) is 2. The molecule has 2 rings (SSSR count). The van der Waals surface area contributed by atoms with Crippen molar-refractivity contribution in [1.29, 1.82) is 0 Å². The molecule has 1 fully saturated rings. The predicted octanol–water partition coefficient (Wildman–Crippen LogP) is 1.94. The summed E-state index contributed by atoms with van der Waals surface area (Å²) >= 11 is 0. The van der Waals surface area contributed by atoms with Crippen LogP contribution in [0.25, 0.3) is 0 Å². The fourth-order valence-corrected chi connectivity index (χ4v) is 2.04. The molecule has 1 aliphatic heterocycles. The van der Waals surface area contributed by atoms with Gasteiger partial charge in [0, 0.05) is 19.0 Å². The molecule has 4 heteroatoms. The van der Waals surface area contributed by atoms with E-state index in [0.717, 1.165) is 11.8 Å². The van der Waals surface area contributed by atoms with Gasteiger partial charge in [0.25, 0.3) is 0 Å². The zero-order valence-electron chi connectivity index (χ0n) is 8.75. The van der Waals surface area contributed by atoms with Crippen LogP contribution in [0.1, 0.15) is 23.6 Å². The van der Waals surface area contributed by atoms with E-state index in [2.05, 4.69) is 5.32 Å². The van der Waals surface area contributed by atoms with Crippen LogP contribution < -0.4 is 5.32 Å². The third-order valence-electron chi connectivity index (χ3n) is 2.78. The SMILES string of the molecule is O=CCc1cc(F)cc([C@H]2C[C@H](F)CN2)c1. The molecule has 2 atom stereocenters. The highest BCUT2D eigenvalue weighted by molar-refractivity contribution is 5.55. The first-order valence-corrected chi connectivity index (χ1v) is 5.29. The first kappa shape index (κ1) is 11.2. The third-order valence-corrected chi connectivity index (χ3v) is 2.78. The number of carbonyl (C=O) groups is 1. The highest BCUT2D eigenvalue weighted by Gasteiger charge is 2.25. The Morgan fingerprint density at radius 1 is 1.44 bits per heavy atom. The van der Waals surface area contributed by atoms with E-state index in [1.165, 1.54) is 12.1 Å². The van der Waals surface area contributed by atoms with Gasteiger partial charge in [-0.1, -0.05) is 6.07 Å². The number of benzene rings is 1. The molecular formula is C12H13F2NO. The number of aldehydes is 1. The van der Waals surface area contributed by atoms with E-state index < -0.39 is 6.17 Å². The highest BCUT2D eigenvalue weighted by atomic mass is 19.1. The van der Waals surface area contributed by atoms with Gasteiger partial charge in [-0.3, -0.25) is 0 Å². The Labute approximate surface area is 92.7 Å². The molecule has 86 valence electrons. The minimum absolute atomic E-state index is 0.142. The van der Waals surface area contributed by atoms with Crippen LogP contribution in [0.5, 0.6) is 0 Å². The van der Waals surface area contributed by atoms with E-state index >= 15 is 0 Å². The molecule has 1 aromatic rings. The zero-order valence-corrected chi connectivity index (χ0v) is 8.75. The predicted molar refractivity (Wildman–Crippen MR) is 56.4 cm³/mol. The lowest BCUT2D eigenvalue weighted by Crippen LogP contribution is -2.14. The molecule has 1 N–H and O–H groups in total. The standard InChI is InChI=1S/C12H13F2NO/c13-10-4-8(1-2-16)3-9(5-10)12-6-11(14)7-15-12/h2-5,11-12,15H,1,6-7H2/t11-,12+/m0/s1. The lowest BCUT2D eigenvalue weighted by Gasteiger charge is -2.11. The van der Waals surface area contributed by atoms with Crippen LogP contribution in [-0.4, -0.2) is 19.0 Å². The summed E-state index contributed by atoms with van der Waals surface area (Å²) in [6.07, 6.45) is 0.418. The molecule has 0 saturated carbocycles. The van der Waals surface area contributed by atoms with E-state index in [1.807, 2.05) is 0 Å². The van der Waals surface area contributed by atoms with Crippen LogP contribution in [0.15, 0.2) is 18.2 Å². The molecule has 0 aliphatic carbocycles. The van der Waals surface area contributed by atoms with Crippen LogP contribution in [0.2, 0.25) is 0 Å². The fraction of sp³-hybridized carbons (Fsp3) is 0.417. The van der Waals surface area contributed by atoms with Gasteiger partial charge in [-0.25, -0.2) is 8.78 Å². The summed E-state index contributed by atoms with van der Waals surface area (Å²) in [6, 6.07) is 4.34. The van der Waals surface area contributed by atoms with Gasteiger partial charge in [0.05, 0.1) is 0 Å². The summed E-state index contributed by atoms with van der Waals surface area (Å²) in [6.45, 7) is 0.310. The molecule has 1 aromatic carbocycles. The Balaban J connectivity index is 2.23. The Kier molecular flexibility index (Phi) is 3.29. The van der Waals surface area contributed by atoms with E-state index in [0.29, 0.717) is 18.5 Å². The molecule has 0 aromatic heterocycles. The second-order valence-electron chi connectivity index (χ2n) is 4.06. The normalized spacial score (nSPS) is 24.6. The largest absolute Gasteiger partial charge is 0.307 e. The van der Waals surface area contributed by atoms with Crippen molar-refractivity contribution in [2.75, 3.05) is 6.54 Å². The number of carbonyl (C=O) groups excluding carboxylic acids is 1. The van der Waals surface area contributed by atoms with Crippen molar-refractivity contribution in [2.24, 2.45) is 0 Å². The van der Waals surface area contributed by atoms with Crippen molar-refractivity contribution in [2.45, 2.75) is 25.1 Å². The van der Waals surface area contributed by atoms with Gasteiger partial charge in [-0.15, -0.1) is 0 Å². The van der Waals surface area contributed by atoms with Gasteiger partial charge < -0.3 is 10.1 Å². The minimum atomic E-state index is -0.872. The van der Waals surface area contributed by atoms with Gasteiger partial charge in [-0.2, -0.15) is 0 Å². The molecule has 1 aliphatic rings. The number of rotatable bonds is 3. The van der Waals surface area contributed by atoms with Crippen LogP contribution in [-0.2, 0) is 11.2 Å². The molecule has 0 unspecified atom stereocenters. The van der Waals surface area contributed by atoms with Gasteiger partial charge in [0.2, 0.25) is 0 Å². The second kappa shape index (κ2) is 4.70. The van der Waals surface area contributed by atoms with E-state index in [-0.39, 0.29) is 18.3 Å². The van der Waals surface area contributed by atoms with Crippen molar-refractivity contribution in [1.82, 2.24) is 5.32 Å². The summed E-state index contributed by atoms with van der Waals surface area (Å²) in [7, 11) is 0. The summed E-state index contributed by atoms with van der Waals surface area (Å²) in [5, 5.41) is 2.99. The first-order chi connectivity index (χ1) is 7.69. The molecule has 0 amide bonds. The Bertz CT molecular complexity index is 395. The smallest absolute Gasteiger partial charge is 0.124 e. The summed E-state index contributed by atoms with van der Waals surface area (Å²) in [4.78, 5) is 10.4. The first-order valence-electron chi connectivity index (χ1n) is 5.29. The Hall–Kier alpha value is -1.29. The average Bonchev–Trinajstić information content (AvgIpc) is 2.64. The third kappa shape index (κ3) is 2.44. The van der Waals surface area contributed by atoms with Crippen LogP contribution >= 0.6 is 0 Å². The van der Waals surface area contributed by atoms with Crippen molar-refractivity contribution < 1.29 is 13.6 Å². The second-order valence-corrected chi connectivity index (χ2v) is 4.06. The monoisotopic (exact) mass is 225 g/mol. The fourth-order valence-electron chi connectivity index (χ4n) is 2.04. The topological polar surface area (TPSA) is 29.1 Å². The molecule has 0 bridgehead atoms. The lowest BCUT2D eigenvalue weighted by molar-refractivity contribution is -0.107. The van der Waals surface area contributed by atoms with Gasteiger partial charge in [0.15, 0.2) is 0 Å². The Morgan fingerprint density at radius 2 is 2.25 bits per heavy atom. The summed E-state index contributed by atoms with van der Waals surface area (Å²) < 4.78 is 26.3. The maximum absolute atomic E-state index is 13.3. The van der Waals surface area contributed by atoms with Gasteiger partial charge in [0.1, 0.15) is 18.3 Å². The number of halogens is 2. The lowest BCUT2D eigenvalue weighted by atomic mass is 10.0. The van der Waals surface area contributed by atoms with Crippen LogP contribution in [0.4, 0.5) is 8.78 Å². The maximum atomic E-state index is 13.3. The number of alkyl halides is 1.